The van der Waals surface area contributed by atoms with E-state index in [0.717, 1.165) is 33.8 Å². The average Bonchev–Trinajstić information content (AvgIpc) is 3.64. The lowest BCUT2D eigenvalue weighted by Crippen LogP contribution is -2.09. The number of nitrogens with zero attached hydrogens (tertiary/aromatic N) is 2. The first-order valence-corrected chi connectivity index (χ1v) is 20.1. The molecular formula is C57H36N2. The van der Waals surface area contributed by atoms with Crippen LogP contribution in [0.15, 0.2) is 218 Å². The maximum absolute atomic E-state index is 9.88. The highest BCUT2D eigenvalue weighted by Gasteiger charge is 2.31. The van der Waals surface area contributed by atoms with E-state index in [4.69, 9.17) is 0 Å². The minimum atomic E-state index is 0.662. The number of fused-ring (bicyclic) bond motifs is 4. The molecule has 0 unspecified atom stereocenters. The summed E-state index contributed by atoms with van der Waals surface area (Å²) in [4.78, 5) is 2.28. The molecule has 0 saturated carbocycles. The molecule has 10 aromatic rings. The van der Waals surface area contributed by atoms with Gasteiger partial charge in [0.1, 0.15) is 0 Å². The summed E-state index contributed by atoms with van der Waals surface area (Å²) >= 11 is 0. The fourth-order valence-corrected chi connectivity index (χ4v) is 9.32. The van der Waals surface area contributed by atoms with Gasteiger partial charge in [0.2, 0.25) is 0 Å². The summed E-state index contributed by atoms with van der Waals surface area (Å²) in [6, 6.07) is 80.3. The summed E-state index contributed by atoms with van der Waals surface area (Å²) in [7, 11) is 0. The fourth-order valence-electron chi connectivity index (χ4n) is 9.32. The molecule has 0 aliphatic heterocycles. The number of anilines is 3. The number of nitriles is 1. The molecule has 0 fully saturated rings. The summed E-state index contributed by atoms with van der Waals surface area (Å²) in [5.74, 6) is 0. The van der Waals surface area contributed by atoms with Gasteiger partial charge in [-0.15, -0.1) is 0 Å². The van der Waals surface area contributed by atoms with E-state index in [0.29, 0.717) is 5.56 Å². The van der Waals surface area contributed by atoms with Gasteiger partial charge in [-0.25, -0.2) is 0 Å². The Bertz CT molecular complexity index is 3160. The zero-order chi connectivity index (χ0) is 39.3. The second-order valence-electron chi connectivity index (χ2n) is 15.1. The van der Waals surface area contributed by atoms with Gasteiger partial charge in [-0.3, -0.25) is 0 Å². The molecule has 0 saturated heterocycles. The van der Waals surface area contributed by atoms with Crippen LogP contribution in [0.4, 0.5) is 17.1 Å². The van der Waals surface area contributed by atoms with Crippen molar-refractivity contribution in [2.45, 2.75) is 0 Å². The van der Waals surface area contributed by atoms with Crippen molar-refractivity contribution < 1.29 is 0 Å². The number of rotatable bonds is 7. The van der Waals surface area contributed by atoms with E-state index >= 15 is 0 Å². The van der Waals surface area contributed by atoms with Crippen LogP contribution in [0.2, 0.25) is 0 Å². The molecule has 0 radical (unpaired) electrons. The Balaban J connectivity index is 1.08. The van der Waals surface area contributed by atoms with Crippen LogP contribution in [0, 0.1) is 11.3 Å². The van der Waals surface area contributed by atoms with E-state index in [9.17, 15) is 5.26 Å². The molecule has 1 aliphatic carbocycles. The Hall–Kier alpha value is -7.99. The Morgan fingerprint density at radius 3 is 1.44 bits per heavy atom. The third-order valence-corrected chi connectivity index (χ3v) is 11.8. The van der Waals surface area contributed by atoms with Crippen LogP contribution in [-0.2, 0) is 0 Å². The van der Waals surface area contributed by atoms with Crippen molar-refractivity contribution in [1.29, 1.82) is 5.26 Å². The fraction of sp³-hybridized carbons (Fsp3) is 0. The zero-order valence-corrected chi connectivity index (χ0v) is 32.2. The van der Waals surface area contributed by atoms with E-state index in [1.165, 1.54) is 71.6 Å². The van der Waals surface area contributed by atoms with Crippen LogP contribution < -0.4 is 4.90 Å². The number of hydrogen-bond acceptors (Lipinski definition) is 2. The highest BCUT2D eigenvalue weighted by molar-refractivity contribution is 6.28. The van der Waals surface area contributed by atoms with Crippen molar-refractivity contribution in [2.24, 2.45) is 0 Å². The quantitative estimate of drug-likeness (QED) is 0.162. The lowest BCUT2D eigenvalue weighted by Gasteiger charge is -2.26. The molecule has 0 heterocycles. The van der Waals surface area contributed by atoms with Crippen LogP contribution in [0.25, 0.3) is 88.3 Å². The minimum Gasteiger partial charge on any atom is -0.310 e. The van der Waals surface area contributed by atoms with Crippen LogP contribution in [0.3, 0.4) is 0 Å². The molecule has 0 N–H and O–H groups in total. The normalized spacial score (nSPS) is 11.4. The van der Waals surface area contributed by atoms with E-state index in [1.54, 1.807) is 0 Å². The Morgan fingerprint density at radius 2 is 0.780 bits per heavy atom. The summed E-state index contributed by atoms with van der Waals surface area (Å²) < 4.78 is 0. The standard InChI is InChI=1S/C57H36N2/c58-37-42-20-10-11-25-46(42)41-21-14-24-45(36-41)59(43-22-8-3-9-23-43)44-32-30-38(31-33-44)47-34-35-52-55-48(47)28-15-29-51(55)56-53(39-16-4-1-5-17-39)49-26-12-13-27-50(49)54(57(52)56)40-18-6-2-7-19-40/h1-36H. The van der Waals surface area contributed by atoms with Crippen molar-refractivity contribution >= 4 is 38.6 Å². The van der Waals surface area contributed by atoms with Gasteiger partial charge in [0, 0.05) is 17.1 Å². The van der Waals surface area contributed by atoms with Crippen LogP contribution in [0.1, 0.15) is 5.56 Å². The van der Waals surface area contributed by atoms with Crippen molar-refractivity contribution in [3.8, 4) is 72.8 Å². The second-order valence-corrected chi connectivity index (χ2v) is 15.1. The molecule has 59 heavy (non-hydrogen) atoms. The molecular weight excluding hydrogens is 713 g/mol. The van der Waals surface area contributed by atoms with E-state index < -0.39 is 0 Å². The maximum atomic E-state index is 9.88. The predicted octanol–water partition coefficient (Wildman–Crippen LogP) is 15.6. The predicted molar refractivity (Wildman–Crippen MR) is 247 cm³/mol. The van der Waals surface area contributed by atoms with E-state index in [1.807, 2.05) is 30.3 Å². The number of hydrogen-bond donors (Lipinski definition) is 0. The van der Waals surface area contributed by atoms with Gasteiger partial charge in [-0.05, 0) is 131 Å². The van der Waals surface area contributed by atoms with Crippen molar-refractivity contribution in [3.05, 3.63) is 224 Å². The molecule has 0 spiro atoms. The summed E-state index contributed by atoms with van der Waals surface area (Å²) in [6.07, 6.45) is 0. The second kappa shape index (κ2) is 14.2. The Labute approximate surface area is 344 Å². The van der Waals surface area contributed by atoms with Gasteiger partial charge < -0.3 is 4.90 Å². The lowest BCUT2D eigenvalue weighted by atomic mass is 9.82. The number of benzene rings is 10. The third kappa shape index (κ3) is 5.64. The first-order chi connectivity index (χ1) is 29.3. The maximum Gasteiger partial charge on any atom is 0.0998 e. The summed E-state index contributed by atoms with van der Waals surface area (Å²) in [5.41, 5.74) is 18.3. The minimum absolute atomic E-state index is 0.662. The molecule has 10 aromatic carbocycles. The first kappa shape index (κ1) is 34.3. The molecule has 0 amide bonds. The van der Waals surface area contributed by atoms with Crippen molar-refractivity contribution in [2.75, 3.05) is 4.90 Å². The van der Waals surface area contributed by atoms with Crippen LogP contribution in [-0.4, -0.2) is 0 Å². The molecule has 274 valence electrons. The number of para-hydroxylation sites is 1. The smallest absolute Gasteiger partial charge is 0.0998 e. The average molecular weight is 749 g/mol. The molecule has 1 aliphatic rings. The molecule has 2 heteroatoms. The Kier molecular flexibility index (Phi) is 8.24. The van der Waals surface area contributed by atoms with Gasteiger partial charge in [-0.2, -0.15) is 5.26 Å². The monoisotopic (exact) mass is 748 g/mol. The first-order valence-electron chi connectivity index (χ1n) is 20.1. The molecule has 0 atom stereocenters. The summed E-state index contributed by atoms with van der Waals surface area (Å²) in [5, 5.41) is 15.0. The van der Waals surface area contributed by atoms with Crippen LogP contribution >= 0.6 is 0 Å². The largest absolute Gasteiger partial charge is 0.310 e. The summed E-state index contributed by atoms with van der Waals surface area (Å²) in [6.45, 7) is 0. The van der Waals surface area contributed by atoms with Gasteiger partial charge in [0.25, 0.3) is 0 Å². The third-order valence-electron chi connectivity index (χ3n) is 11.8. The SMILES string of the molecule is N#Cc1ccccc1-c1cccc(N(c2ccccc2)c2ccc(-c3ccc4c5c(cccc35)-c3c-4c(-c4ccccc4)c4ccccc4c3-c3ccccc3)cc2)c1. The highest BCUT2D eigenvalue weighted by Crippen LogP contribution is 2.58. The van der Waals surface area contributed by atoms with E-state index in [-0.39, 0.29) is 0 Å². The van der Waals surface area contributed by atoms with Gasteiger partial charge >= 0.3 is 0 Å². The molecule has 0 bridgehead atoms. The molecule has 11 rings (SSSR count). The van der Waals surface area contributed by atoms with Gasteiger partial charge in [0.05, 0.1) is 11.6 Å². The molecule has 0 aromatic heterocycles. The van der Waals surface area contributed by atoms with E-state index in [2.05, 4.69) is 199 Å². The zero-order valence-electron chi connectivity index (χ0n) is 32.2. The Morgan fingerprint density at radius 1 is 0.305 bits per heavy atom. The van der Waals surface area contributed by atoms with Gasteiger partial charge in [0.15, 0.2) is 0 Å². The van der Waals surface area contributed by atoms with Crippen molar-refractivity contribution in [1.82, 2.24) is 0 Å². The topological polar surface area (TPSA) is 27.0 Å². The van der Waals surface area contributed by atoms with Crippen LogP contribution in [0.5, 0.6) is 0 Å². The lowest BCUT2D eigenvalue weighted by molar-refractivity contribution is 1.28. The highest BCUT2D eigenvalue weighted by atomic mass is 15.1. The van der Waals surface area contributed by atoms with Crippen molar-refractivity contribution in [3.63, 3.8) is 0 Å². The molecule has 2 nitrogen and oxygen atoms in total. The van der Waals surface area contributed by atoms with Gasteiger partial charge in [-0.1, -0.05) is 176 Å².